The quantitative estimate of drug-likeness (QED) is 0.584. The summed E-state index contributed by atoms with van der Waals surface area (Å²) >= 11 is 0. The van der Waals surface area contributed by atoms with Gasteiger partial charge in [-0.1, -0.05) is 36.9 Å². The summed E-state index contributed by atoms with van der Waals surface area (Å²) in [4.78, 5) is 15.2. The Morgan fingerprint density at radius 2 is 1.76 bits per heavy atom. The molecular weight excluding hydrogens is 366 g/mol. The summed E-state index contributed by atoms with van der Waals surface area (Å²) in [7, 11) is 0. The van der Waals surface area contributed by atoms with E-state index in [-0.39, 0.29) is 17.9 Å². The highest BCUT2D eigenvalue weighted by molar-refractivity contribution is 5.81. The Kier molecular flexibility index (Phi) is 5.69. The second kappa shape index (κ2) is 8.19. The van der Waals surface area contributed by atoms with Crippen LogP contribution in [-0.2, 0) is 11.2 Å². The molecule has 148 valence electrons. The highest BCUT2D eigenvalue weighted by Crippen LogP contribution is 2.26. The van der Waals surface area contributed by atoms with E-state index >= 15 is 0 Å². The van der Waals surface area contributed by atoms with E-state index in [1.807, 2.05) is 30.3 Å². The summed E-state index contributed by atoms with van der Waals surface area (Å²) in [5.41, 5.74) is 4.19. The lowest BCUT2D eigenvalue weighted by Crippen LogP contribution is -2.21. The molecule has 2 aromatic carbocycles. The molecule has 1 heterocycles. The van der Waals surface area contributed by atoms with E-state index in [4.69, 9.17) is 5.11 Å². The molecule has 5 heteroatoms. The zero-order chi connectivity index (χ0) is 21.1. The molecule has 3 N–H and O–H groups in total. The predicted octanol–water partition coefficient (Wildman–Crippen LogP) is 2.78. The van der Waals surface area contributed by atoms with Crippen LogP contribution in [0.4, 0.5) is 0 Å². The smallest absolute Gasteiger partial charge is 0.303 e. The minimum absolute atomic E-state index is 0.0338. The molecule has 0 bridgehead atoms. The summed E-state index contributed by atoms with van der Waals surface area (Å²) in [6, 6.07) is 11.2. The van der Waals surface area contributed by atoms with Gasteiger partial charge < -0.3 is 15.3 Å². The van der Waals surface area contributed by atoms with Gasteiger partial charge >= 0.3 is 5.97 Å². The fourth-order valence-corrected chi connectivity index (χ4v) is 3.44. The molecule has 0 atom stereocenters. The fourth-order valence-electron chi connectivity index (χ4n) is 3.44. The number of aryl methyl sites for hydroxylation is 1. The molecule has 0 aliphatic heterocycles. The third kappa shape index (κ3) is 3.99. The van der Waals surface area contributed by atoms with E-state index in [0.29, 0.717) is 33.6 Å². The molecule has 0 fully saturated rings. The molecule has 0 amide bonds. The van der Waals surface area contributed by atoms with Crippen LogP contribution in [0.15, 0.2) is 48.8 Å². The molecule has 0 saturated carbocycles. The summed E-state index contributed by atoms with van der Waals surface area (Å²) < 4.78 is 0. The van der Waals surface area contributed by atoms with Crippen molar-refractivity contribution in [3.63, 3.8) is 0 Å². The number of carboxylic acid groups (broad SMARTS) is 1. The van der Waals surface area contributed by atoms with Crippen molar-refractivity contribution >= 4 is 18.1 Å². The number of benzene rings is 2. The first-order valence-corrected chi connectivity index (χ1v) is 9.27. The first kappa shape index (κ1) is 20.1. The van der Waals surface area contributed by atoms with Crippen LogP contribution < -0.4 is 10.4 Å². The summed E-state index contributed by atoms with van der Waals surface area (Å²) in [6.45, 7) is 7.31. The molecule has 0 aliphatic carbocycles. The molecule has 0 unspecified atom stereocenters. The minimum Gasteiger partial charge on any atom is -0.507 e. The average Bonchev–Trinajstić information content (AvgIpc) is 2.73. The number of aromatic hydroxyl groups is 2. The van der Waals surface area contributed by atoms with Crippen LogP contribution in [0, 0.1) is 13.8 Å². The Bertz CT molecular complexity index is 1150. The van der Waals surface area contributed by atoms with Crippen molar-refractivity contribution in [1.82, 2.24) is 4.98 Å². The van der Waals surface area contributed by atoms with Gasteiger partial charge in [-0.25, -0.2) is 0 Å². The van der Waals surface area contributed by atoms with Gasteiger partial charge in [-0.05, 0) is 37.5 Å². The van der Waals surface area contributed by atoms with Gasteiger partial charge in [-0.15, -0.1) is 0 Å². The molecule has 0 radical (unpaired) electrons. The number of phenolic OH excluding ortho intramolecular Hbond substituents is 2. The number of hydrogen-bond donors (Lipinski definition) is 3. The number of pyridine rings is 1. The number of aliphatic carboxylic acids is 1. The molecular formula is C24H23NO4. The van der Waals surface area contributed by atoms with Crippen LogP contribution >= 0.6 is 0 Å². The van der Waals surface area contributed by atoms with E-state index < -0.39 is 5.97 Å². The molecule has 5 nitrogen and oxygen atoms in total. The zero-order valence-electron chi connectivity index (χ0n) is 16.4. The second-order valence-corrected chi connectivity index (χ2v) is 7.01. The molecule has 0 spiro atoms. The van der Waals surface area contributed by atoms with Crippen LogP contribution in [0.25, 0.3) is 12.2 Å². The number of nitrogens with zero attached hydrogens (tertiary/aromatic N) is 1. The predicted molar refractivity (Wildman–Crippen MR) is 112 cm³/mol. The summed E-state index contributed by atoms with van der Waals surface area (Å²) in [6.07, 6.45) is 3.80. The van der Waals surface area contributed by atoms with E-state index in [9.17, 15) is 15.0 Å². The van der Waals surface area contributed by atoms with Crippen LogP contribution in [0.3, 0.4) is 0 Å². The number of carbonyl (C=O) groups is 1. The zero-order valence-corrected chi connectivity index (χ0v) is 16.4. The Balaban J connectivity index is 2.39. The number of rotatable bonds is 5. The molecule has 3 aromatic rings. The van der Waals surface area contributed by atoms with Crippen LogP contribution in [0.5, 0.6) is 11.5 Å². The third-order valence-electron chi connectivity index (χ3n) is 5.10. The van der Waals surface area contributed by atoms with E-state index in [0.717, 1.165) is 16.7 Å². The Labute approximate surface area is 168 Å². The highest BCUT2D eigenvalue weighted by atomic mass is 16.4. The van der Waals surface area contributed by atoms with Crippen molar-refractivity contribution in [1.29, 1.82) is 0 Å². The molecule has 3 rings (SSSR count). The van der Waals surface area contributed by atoms with Gasteiger partial charge in [0.2, 0.25) is 0 Å². The standard InChI is InChI=1S/C24H23NO4/c1-14-15(2)24(29)21(16(3)23(14)28)22(19-8-5-11-25-13-19)18-7-4-6-17(12-18)9-10-20(26)27/h4-8,11-13,28-29H,1,9-10H2,2-3H3,(H,26,27)/b22-21+. The monoisotopic (exact) mass is 389 g/mol. The van der Waals surface area contributed by atoms with Crippen LogP contribution in [0.2, 0.25) is 0 Å². The molecule has 0 aliphatic rings. The topological polar surface area (TPSA) is 90.7 Å². The lowest BCUT2D eigenvalue weighted by atomic mass is 9.91. The number of carboxylic acids is 1. The van der Waals surface area contributed by atoms with E-state index in [1.165, 1.54) is 0 Å². The number of phenols is 2. The van der Waals surface area contributed by atoms with Crippen molar-refractivity contribution < 1.29 is 20.1 Å². The van der Waals surface area contributed by atoms with E-state index in [2.05, 4.69) is 11.6 Å². The van der Waals surface area contributed by atoms with Crippen molar-refractivity contribution in [2.24, 2.45) is 0 Å². The van der Waals surface area contributed by atoms with Crippen molar-refractivity contribution in [3.8, 4) is 11.5 Å². The first-order chi connectivity index (χ1) is 13.8. The van der Waals surface area contributed by atoms with Gasteiger partial charge in [0, 0.05) is 51.5 Å². The van der Waals surface area contributed by atoms with E-state index in [1.54, 1.807) is 32.3 Å². The maximum Gasteiger partial charge on any atom is 0.303 e. The summed E-state index contributed by atoms with van der Waals surface area (Å²) in [5.74, 6) is -0.759. The van der Waals surface area contributed by atoms with Gasteiger partial charge in [-0.2, -0.15) is 0 Å². The minimum atomic E-state index is -0.855. The Morgan fingerprint density at radius 3 is 2.41 bits per heavy atom. The van der Waals surface area contributed by atoms with Gasteiger partial charge in [0.15, 0.2) is 0 Å². The molecule has 1 aromatic heterocycles. The Hall–Kier alpha value is -3.60. The lowest BCUT2D eigenvalue weighted by Gasteiger charge is -2.15. The second-order valence-electron chi connectivity index (χ2n) is 7.01. The SMILES string of the molecule is C=c1c(C)c(O)/c(=C(/c2cccnc2)c2cccc(CCC(=O)O)c2)c(C)c1O. The highest BCUT2D eigenvalue weighted by Gasteiger charge is 2.16. The molecule has 29 heavy (non-hydrogen) atoms. The normalized spacial score (nSPS) is 11.9. The van der Waals surface area contributed by atoms with Gasteiger partial charge in [0.25, 0.3) is 0 Å². The van der Waals surface area contributed by atoms with Crippen LogP contribution in [-0.4, -0.2) is 26.3 Å². The van der Waals surface area contributed by atoms with Crippen molar-refractivity contribution in [2.75, 3.05) is 0 Å². The summed E-state index contributed by atoms with van der Waals surface area (Å²) in [5, 5.41) is 31.4. The van der Waals surface area contributed by atoms with Gasteiger partial charge in [-0.3, -0.25) is 9.78 Å². The average molecular weight is 389 g/mol. The van der Waals surface area contributed by atoms with Gasteiger partial charge in [0.05, 0.1) is 0 Å². The first-order valence-electron chi connectivity index (χ1n) is 9.27. The Morgan fingerprint density at radius 1 is 1.03 bits per heavy atom. The number of hydrogen-bond acceptors (Lipinski definition) is 4. The largest absolute Gasteiger partial charge is 0.507 e. The lowest BCUT2D eigenvalue weighted by molar-refractivity contribution is -0.136. The van der Waals surface area contributed by atoms with Crippen LogP contribution in [0.1, 0.15) is 34.2 Å². The molecule has 0 saturated heterocycles. The maximum atomic E-state index is 11.0. The fraction of sp³-hybridized carbons (Fsp3) is 0.167. The maximum absolute atomic E-state index is 11.0. The number of aromatic nitrogens is 1. The van der Waals surface area contributed by atoms with Gasteiger partial charge in [0.1, 0.15) is 11.5 Å². The third-order valence-corrected chi connectivity index (χ3v) is 5.10. The van der Waals surface area contributed by atoms with Crippen molar-refractivity contribution in [2.45, 2.75) is 26.7 Å². The van der Waals surface area contributed by atoms with Crippen molar-refractivity contribution in [3.05, 3.63) is 87.0 Å².